The van der Waals surface area contributed by atoms with Gasteiger partial charge in [-0.1, -0.05) is 0 Å². The van der Waals surface area contributed by atoms with E-state index >= 15 is 0 Å². The fourth-order valence-electron chi connectivity index (χ4n) is 2.38. The second-order valence-corrected chi connectivity index (χ2v) is 6.96. The molecule has 0 spiro atoms. The SMILES string of the molecule is Cc1c(NCC2(O)CCOCC2)cc(N)cc1S(N)(=O)=O. The van der Waals surface area contributed by atoms with Crippen LogP contribution in [-0.2, 0) is 14.8 Å². The molecule has 1 aliphatic heterocycles. The molecule has 2 rings (SSSR count). The molecule has 1 aromatic rings. The van der Waals surface area contributed by atoms with Gasteiger partial charge in [0, 0.05) is 44.0 Å². The average molecular weight is 315 g/mol. The lowest BCUT2D eigenvalue weighted by atomic mass is 9.94. The van der Waals surface area contributed by atoms with Crippen LogP contribution in [0.15, 0.2) is 17.0 Å². The molecule has 0 aliphatic carbocycles. The van der Waals surface area contributed by atoms with Crippen LogP contribution in [-0.4, -0.2) is 38.9 Å². The first kappa shape index (κ1) is 16.0. The van der Waals surface area contributed by atoms with Gasteiger partial charge >= 0.3 is 0 Å². The molecule has 0 unspecified atom stereocenters. The summed E-state index contributed by atoms with van der Waals surface area (Å²) < 4.78 is 28.3. The fourth-order valence-corrected chi connectivity index (χ4v) is 3.21. The van der Waals surface area contributed by atoms with Gasteiger partial charge in [0.15, 0.2) is 0 Å². The van der Waals surface area contributed by atoms with Gasteiger partial charge in [-0.05, 0) is 24.6 Å². The number of nitrogens with two attached hydrogens (primary N) is 2. The molecule has 7 nitrogen and oxygen atoms in total. The number of benzene rings is 1. The van der Waals surface area contributed by atoms with Crippen molar-refractivity contribution in [3.63, 3.8) is 0 Å². The van der Waals surface area contributed by atoms with E-state index in [0.29, 0.717) is 49.5 Å². The normalized spacial score (nSPS) is 18.4. The highest BCUT2D eigenvalue weighted by atomic mass is 32.2. The van der Waals surface area contributed by atoms with Crippen molar-refractivity contribution in [2.45, 2.75) is 30.3 Å². The number of nitrogens with one attached hydrogen (secondary N) is 1. The highest BCUT2D eigenvalue weighted by molar-refractivity contribution is 7.89. The maximum atomic E-state index is 11.6. The van der Waals surface area contributed by atoms with Crippen molar-refractivity contribution in [3.8, 4) is 0 Å². The zero-order valence-electron chi connectivity index (χ0n) is 11.9. The Morgan fingerprint density at radius 2 is 2.00 bits per heavy atom. The number of sulfonamides is 1. The number of nitrogen functional groups attached to an aromatic ring is 1. The number of aliphatic hydroxyl groups is 1. The second-order valence-electron chi connectivity index (χ2n) is 5.43. The molecule has 0 bridgehead atoms. The number of hydrogen-bond donors (Lipinski definition) is 4. The van der Waals surface area contributed by atoms with E-state index in [4.69, 9.17) is 15.6 Å². The van der Waals surface area contributed by atoms with Gasteiger partial charge in [0.2, 0.25) is 10.0 Å². The lowest BCUT2D eigenvalue weighted by molar-refractivity contribution is -0.0543. The van der Waals surface area contributed by atoms with E-state index in [1.165, 1.54) is 6.07 Å². The smallest absolute Gasteiger partial charge is 0.238 e. The van der Waals surface area contributed by atoms with Crippen LogP contribution >= 0.6 is 0 Å². The Kier molecular flexibility index (Phi) is 4.43. The monoisotopic (exact) mass is 315 g/mol. The maximum absolute atomic E-state index is 11.6. The van der Waals surface area contributed by atoms with Crippen LogP contribution in [0.1, 0.15) is 18.4 Å². The van der Waals surface area contributed by atoms with Gasteiger partial charge in [-0.2, -0.15) is 0 Å². The summed E-state index contributed by atoms with van der Waals surface area (Å²) >= 11 is 0. The summed E-state index contributed by atoms with van der Waals surface area (Å²) in [7, 11) is -3.84. The molecule has 0 aromatic heterocycles. The van der Waals surface area contributed by atoms with E-state index in [-0.39, 0.29) is 4.90 Å². The number of rotatable bonds is 4. The summed E-state index contributed by atoms with van der Waals surface area (Å²) in [5.41, 5.74) is 6.20. The molecule has 1 saturated heterocycles. The van der Waals surface area contributed by atoms with E-state index in [1.54, 1.807) is 13.0 Å². The van der Waals surface area contributed by atoms with Gasteiger partial charge in [0.05, 0.1) is 10.5 Å². The van der Waals surface area contributed by atoms with Crippen molar-refractivity contribution < 1.29 is 18.3 Å². The third-order valence-corrected chi connectivity index (χ3v) is 4.76. The van der Waals surface area contributed by atoms with Gasteiger partial charge in [-0.3, -0.25) is 0 Å². The third-order valence-electron chi connectivity index (χ3n) is 3.72. The van der Waals surface area contributed by atoms with Crippen molar-refractivity contribution in [2.75, 3.05) is 30.8 Å². The summed E-state index contributed by atoms with van der Waals surface area (Å²) in [6.07, 6.45) is 1.06. The zero-order chi connectivity index (χ0) is 15.7. The molecular weight excluding hydrogens is 294 g/mol. The predicted molar refractivity (Wildman–Crippen MR) is 80.5 cm³/mol. The number of ether oxygens (including phenoxy) is 1. The highest BCUT2D eigenvalue weighted by Crippen LogP contribution is 2.28. The van der Waals surface area contributed by atoms with Crippen molar-refractivity contribution in [2.24, 2.45) is 5.14 Å². The predicted octanol–water partition coefficient (Wildman–Crippen LogP) is 0.178. The minimum absolute atomic E-state index is 0.0102. The quantitative estimate of drug-likeness (QED) is 0.587. The van der Waals surface area contributed by atoms with Crippen molar-refractivity contribution in [1.29, 1.82) is 0 Å². The maximum Gasteiger partial charge on any atom is 0.238 e. The van der Waals surface area contributed by atoms with Crippen LogP contribution in [0.2, 0.25) is 0 Å². The molecule has 0 radical (unpaired) electrons. The molecular formula is C13H21N3O4S. The number of anilines is 2. The summed E-state index contributed by atoms with van der Waals surface area (Å²) in [5.74, 6) is 0. The van der Waals surface area contributed by atoms with Crippen LogP contribution in [0.5, 0.6) is 0 Å². The summed E-state index contributed by atoms with van der Waals surface area (Å²) in [4.78, 5) is -0.0102. The average Bonchev–Trinajstić information content (AvgIpc) is 2.39. The van der Waals surface area contributed by atoms with Crippen LogP contribution < -0.4 is 16.2 Å². The molecule has 21 heavy (non-hydrogen) atoms. The summed E-state index contributed by atoms with van der Waals surface area (Å²) in [5, 5.41) is 18.7. The molecule has 0 atom stereocenters. The first-order valence-electron chi connectivity index (χ1n) is 6.68. The molecule has 1 heterocycles. The largest absolute Gasteiger partial charge is 0.399 e. The fraction of sp³-hybridized carbons (Fsp3) is 0.538. The Morgan fingerprint density at radius 1 is 1.38 bits per heavy atom. The van der Waals surface area contributed by atoms with Gasteiger partial charge < -0.3 is 20.9 Å². The topological polar surface area (TPSA) is 128 Å². The number of hydrogen-bond acceptors (Lipinski definition) is 6. The molecule has 0 saturated carbocycles. The zero-order valence-corrected chi connectivity index (χ0v) is 12.7. The molecule has 118 valence electrons. The Bertz CT molecular complexity index is 625. The van der Waals surface area contributed by atoms with Gasteiger partial charge in [0.1, 0.15) is 0 Å². The van der Waals surface area contributed by atoms with Crippen molar-refractivity contribution >= 4 is 21.4 Å². The minimum atomic E-state index is -3.84. The Morgan fingerprint density at radius 3 is 2.57 bits per heavy atom. The van der Waals surface area contributed by atoms with Gasteiger partial charge in [0.25, 0.3) is 0 Å². The van der Waals surface area contributed by atoms with Gasteiger partial charge in [-0.15, -0.1) is 0 Å². The van der Waals surface area contributed by atoms with Crippen LogP contribution in [0.3, 0.4) is 0 Å². The van der Waals surface area contributed by atoms with Gasteiger partial charge in [-0.25, -0.2) is 13.6 Å². The molecule has 0 amide bonds. The van der Waals surface area contributed by atoms with E-state index in [2.05, 4.69) is 5.32 Å². The molecule has 1 fully saturated rings. The summed E-state index contributed by atoms with van der Waals surface area (Å²) in [6, 6.07) is 2.96. The molecule has 8 heteroatoms. The molecule has 1 aromatic carbocycles. The highest BCUT2D eigenvalue weighted by Gasteiger charge is 2.29. The molecule has 1 aliphatic rings. The molecule has 6 N–H and O–H groups in total. The first-order chi connectivity index (χ1) is 9.71. The minimum Gasteiger partial charge on any atom is -0.399 e. The lowest BCUT2D eigenvalue weighted by Gasteiger charge is -2.32. The van der Waals surface area contributed by atoms with Crippen LogP contribution in [0.4, 0.5) is 11.4 Å². The standard InChI is InChI=1S/C13H21N3O4S/c1-9-11(6-10(14)7-12(9)21(15,18)19)16-8-13(17)2-4-20-5-3-13/h6-7,16-17H,2-5,8,14H2,1H3,(H2,15,18,19). The second kappa shape index (κ2) is 5.80. The van der Waals surface area contributed by atoms with Crippen molar-refractivity contribution in [1.82, 2.24) is 0 Å². The number of primary sulfonamides is 1. The first-order valence-corrected chi connectivity index (χ1v) is 8.23. The Hall–Kier alpha value is -1.35. The van der Waals surface area contributed by atoms with E-state index < -0.39 is 15.6 Å². The van der Waals surface area contributed by atoms with E-state index in [0.717, 1.165) is 0 Å². The Labute approximate surface area is 124 Å². The summed E-state index contributed by atoms with van der Waals surface area (Å²) in [6.45, 7) is 2.97. The van der Waals surface area contributed by atoms with E-state index in [1.807, 2.05) is 0 Å². The Balaban J connectivity index is 2.22. The van der Waals surface area contributed by atoms with Crippen molar-refractivity contribution in [3.05, 3.63) is 17.7 Å². The van der Waals surface area contributed by atoms with E-state index in [9.17, 15) is 13.5 Å². The lowest BCUT2D eigenvalue weighted by Crippen LogP contribution is -2.42. The third kappa shape index (κ3) is 3.85. The van der Waals surface area contributed by atoms with Crippen LogP contribution in [0.25, 0.3) is 0 Å². The van der Waals surface area contributed by atoms with Crippen LogP contribution in [0, 0.1) is 6.92 Å².